The van der Waals surface area contributed by atoms with Crippen molar-refractivity contribution in [1.82, 2.24) is 26.2 Å². The van der Waals surface area contributed by atoms with E-state index >= 15 is 0 Å². The first-order valence-electron chi connectivity index (χ1n) is 16.8. The van der Waals surface area contributed by atoms with Crippen LogP contribution < -0.4 is 27.0 Å². The van der Waals surface area contributed by atoms with Gasteiger partial charge in [-0.25, -0.2) is 4.79 Å². The molecule has 6 N–H and O–H groups in total. The first-order chi connectivity index (χ1) is 22.5. The molecule has 0 spiro atoms. The molecule has 6 amide bonds. The van der Waals surface area contributed by atoms with Crippen LogP contribution in [0.2, 0.25) is 0 Å². The molecule has 1 aliphatic heterocycles. The largest absolute Gasteiger partial charge is 0.363 e. The van der Waals surface area contributed by atoms with E-state index in [4.69, 9.17) is 28.9 Å². The number of Topliss-reactive ketones (excluding diaryl/α,β-unsaturated/α-hetero) is 1. The van der Waals surface area contributed by atoms with Gasteiger partial charge in [-0.05, 0) is 69.4 Å². The number of nitrogens with two attached hydrogens (primary N) is 1. The van der Waals surface area contributed by atoms with Crippen LogP contribution in [-0.4, -0.2) is 80.9 Å². The van der Waals surface area contributed by atoms with E-state index in [-0.39, 0.29) is 30.7 Å². The average Bonchev–Trinajstić information content (AvgIpc) is 3.35. The van der Waals surface area contributed by atoms with Gasteiger partial charge in [0.1, 0.15) is 22.5 Å². The zero-order valence-corrected chi connectivity index (χ0v) is 29.3. The van der Waals surface area contributed by atoms with Gasteiger partial charge in [-0.2, -0.15) is 0 Å². The number of hydrogen-bond acceptors (Lipinski definition) is 6. The van der Waals surface area contributed by atoms with Crippen molar-refractivity contribution in [3.63, 3.8) is 0 Å². The second kappa shape index (κ2) is 13.9. The number of halogens is 2. The van der Waals surface area contributed by atoms with Crippen molar-refractivity contribution >= 4 is 58.6 Å². The molecule has 3 fully saturated rings. The predicted molar refractivity (Wildman–Crippen MR) is 180 cm³/mol. The molecule has 4 aliphatic rings. The minimum absolute atomic E-state index is 0.0662. The second-order valence-electron chi connectivity index (χ2n) is 14.8. The van der Waals surface area contributed by atoms with Crippen molar-refractivity contribution in [1.29, 1.82) is 0 Å². The first kappa shape index (κ1) is 35.9. The highest BCUT2D eigenvalue weighted by atomic mass is 35.5. The Hall–Kier alpha value is -3.38. The topological polar surface area (TPSA) is 180 Å². The van der Waals surface area contributed by atoms with E-state index in [0.717, 1.165) is 30.4 Å². The smallest absolute Gasteiger partial charge is 0.316 e. The molecule has 5 rings (SSSR count). The number of amides is 6. The number of likely N-dealkylation sites (tertiary alicyclic amines) is 1. The third-order valence-electron chi connectivity index (χ3n) is 10.2. The Bertz CT molecular complexity index is 1450. The van der Waals surface area contributed by atoms with E-state index in [1.54, 1.807) is 6.92 Å². The van der Waals surface area contributed by atoms with Crippen LogP contribution in [0, 0.1) is 23.7 Å². The van der Waals surface area contributed by atoms with Crippen LogP contribution in [0.15, 0.2) is 24.3 Å². The lowest BCUT2D eigenvalue weighted by Crippen LogP contribution is -2.61. The van der Waals surface area contributed by atoms with Gasteiger partial charge in [0.05, 0.1) is 6.04 Å². The maximum Gasteiger partial charge on any atom is 0.316 e. The van der Waals surface area contributed by atoms with E-state index in [0.29, 0.717) is 19.3 Å². The number of benzene rings is 1. The van der Waals surface area contributed by atoms with Gasteiger partial charge in [0.15, 0.2) is 0 Å². The Morgan fingerprint density at radius 2 is 1.60 bits per heavy atom. The van der Waals surface area contributed by atoms with Gasteiger partial charge in [-0.1, -0.05) is 50.5 Å². The van der Waals surface area contributed by atoms with E-state index in [9.17, 15) is 28.8 Å². The van der Waals surface area contributed by atoms with Crippen LogP contribution in [0.3, 0.4) is 0 Å². The van der Waals surface area contributed by atoms with E-state index in [2.05, 4.69) is 21.3 Å². The number of urea groups is 1. The summed E-state index contributed by atoms with van der Waals surface area (Å²) >= 11 is 13.1. The number of rotatable bonds is 12. The summed E-state index contributed by atoms with van der Waals surface area (Å²) in [5, 5.41) is 11.1. The third kappa shape index (κ3) is 7.59. The minimum Gasteiger partial charge on any atom is -0.363 e. The van der Waals surface area contributed by atoms with Crippen molar-refractivity contribution in [2.45, 2.75) is 107 Å². The summed E-state index contributed by atoms with van der Waals surface area (Å²) in [5.74, 6) is -4.74. The highest BCUT2D eigenvalue weighted by Crippen LogP contribution is 2.65. The van der Waals surface area contributed by atoms with Gasteiger partial charge in [0.2, 0.25) is 23.5 Å². The van der Waals surface area contributed by atoms with Crippen molar-refractivity contribution in [3.05, 3.63) is 35.4 Å². The molecule has 48 heavy (non-hydrogen) atoms. The lowest BCUT2D eigenvalue weighted by Gasteiger charge is -2.35. The molecule has 1 aromatic rings. The summed E-state index contributed by atoms with van der Waals surface area (Å²) in [6, 6.07) is 2.92. The maximum atomic E-state index is 14.5. The monoisotopic (exact) mass is 704 g/mol. The molecule has 1 heterocycles. The molecule has 0 bridgehead atoms. The van der Waals surface area contributed by atoms with Crippen molar-refractivity contribution in [2.75, 3.05) is 6.54 Å². The fourth-order valence-corrected chi connectivity index (χ4v) is 8.22. The van der Waals surface area contributed by atoms with Crippen LogP contribution in [0.4, 0.5) is 4.79 Å². The number of carbonyl (C=O) groups excluding carboxylic acids is 6. The number of ketones is 1. The lowest BCUT2D eigenvalue weighted by molar-refractivity contribution is -0.143. The quantitative estimate of drug-likeness (QED) is 0.164. The number of fused-ring (bicyclic) bond motifs is 2. The summed E-state index contributed by atoms with van der Waals surface area (Å²) in [4.78, 5) is 80.9. The lowest BCUT2D eigenvalue weighted by atomic mass is 9.80. The predicted octanol–water partition coefficient (Wildman–Crippen LogP) is 2.12. The SMILES string of the molecule is CC[C@H](NC(=O)N[C@H](C(=O)N1C[C@H]2[C@@H]([C@H]1C(=O)NC(CC1CCC1)C(=O)C(N)=O)C2(Cl)Cl)C1Cc2ccccc2C1)C(=O)NC(C)(C)C. The summed E-state index contributed by atoms with van der Waals surface area (Å²) in [7, 11) is 0. The number of alkyl halides is 2. The first-order valence-corrected chi connectivity index (χ1v) is 17.6. The third-order valence-corrected chi connectivity index (χ3v) is 11.3. The van der Waals surface area contributed by atoms with Gasteiger partial charge in [0.25, 0.3) is 5.91 Å². The maximum absolute atomic E-state index is 14.5. The highest BCUT2D eigenvalue weighted by molar-refractivity contribution is 6.51. The van der Waals surface area contributed by atoms with Crippen LogP contribution in [0.1, 0.15) is 70.9 Å². The standard InChI is InChI=1S/C34H46Cl2N6O6/c1-5-22(29(45)41-33(2,3)4)39-32(48)40-25(20-14-18-11-6-7-12-19(18)15-20)31(47)42-16-21-24(34(21,35)36)26(42)30(46)38-23(27(43)28(37)44)13-17-9-8-10-17/h6-7,11-12,17,20-26H,5,8-10,13-16H2,1-4H3,(H2,37,44)(H,38,46)(H,41,45)(H2,39,40,48)/t21-,22-,23?,24-,25-,26-/m0/s1. The summed E-state index contributed by atoms with van der Waals surface area (Å²) in [6.07, 6.45) is 4.36. The van der Waals surface area contributed by atoms with Gasteiger partial charge in [-0.3, -0.25) is 24.0 Å². The van der Waals surface area contributed by atoms with E-state index in [1.165, 1.54) is 4.90 Å². The highest BCUT2D eigenvalue weighted by Gasteiger charge is 2.74. The molecule has 262 valence electrons. The van der Waals surface area contributed by atoms with Crippen molar-refractivity contribution in [3.8, 4) is 0 Å². The molecule has 1 aromatic carbocycles. The zero-order valence-electron chi connectivity index (χ0n) is 27.8. The van der Waals surface area contributed by atoms with Gasteiger partial charge < -0.3 is 31.9 Å². The Balaban J connectivity index is 1.38. The van der Waals surface area contributed by atoms with E-state index in [1.807, 2.05) is 45.0 Å². The zero-order chi connectivity index (χ0) is 35.1. The molecule has 6 atom stereocenters. The van der Waals surface area contributed by atoms with Crippen LogP contribution in [-0.2, 0) is 36.8 Å². The molecule has 12 nitrogen and oxygen atoms in total. The Morgan fingerprint density at radius 3 is 2.12 bits per heavy atom. The Morgan fingerprint density at radius 1 is 0.979 bits per heavy atom. The minimum atomic E-state index is -1.26. The number of primary amides is 1. The van der Waals surface area contributed by atoms with E-state index < -0.39 is 75.4 Å². The fourth-order valence-electron chi connectivity index (χ4n) is 7.39. The van der Waals surface area contributed by atoms with Crippen LogP contribution >= 0.6 is 23.2 Å². The summed E-state index contributed by atoms with van der Waals surface area (Å²) < 4.78 is -1.26. The summed E-state index contributed by atoms with van der Waals surface area (Å²) in [5.41, 5.74) is 6.92. The molecule has 2 saturated carbocycles. The Labute approximate surface area is 291 Å². The molecular weight excluding hydrogens is 659 g/mol. The molecule has 0 aromatic heterocycles. The molecule has 0 radical (unpaired) electrons. The number of piperidine rings is 1. The van der Waals surface area contributed by atoms with Crippen molar-refractivity contribution < 1.29 is 28.8 Å². The second-order valence-corrected chi connectivity index (χ2v) is 16.2. The number of nitrogens with zero attached hydrogens (tertiary/aromatic N) is 1. The number of carbonyl (C=O) groups is 6. The van der Waals surface area contributed by atoms with Gasteiger partial charge >= 0.3 is 6.03 Å². The molecule has 1 saturated heterocycles. The average molecular weight is 706 g/mol. The fraction of sp³-hybridized carbons (Fsp3) is 0.647. The molecule has 14 heteroatoms. The Kier molecular flexibility index (Phi) is 10.4. The number of hydrogen-bond donors (Lipinski definition) is 5. The van der Waals surface area contributed by atoms with Gasteiger partial charge in [0, 0.05) is 23.9 Å². The molecule has 1 unspecified atom stereocenters. The van der Waals surface area contributed by atoms with Crippen LogP contribution in [0.5, 0.6) is 0 Å². The molecule has 3 aliphatic carbocycles. The summed E-state index contributed by atoms with van der Waals surface area (Å²) in [6.45, 7) is 7.36. The van der Waals surface area contributed by atoms with Crippen LogP contribution in [0.25, 0.3) is 0 Å². The molecular formula is C34H46Cl2N6O6. The van der Waals surface area contributed by atoms with Crippen molar-refractivity contribution in [2.24, 2.45) is 29.4 Å². The normalized spacial score (nSPS) is 24.6. The van der Waals surface area contributed by atoms with Gasteiger partial charge in [-0.15, -0.1) is 23.2 Å². The number of nitrogens with one attached hydrogen (secondary N) is 4.